The van der Waals surface area contributed by atoms with Crippen molar-refractivity contribution in [1.82, 2.24) is 14.9 Å². The molecule has 0 aliphatic carbocycles. The standard InChI is InChI=1S/C12H15FN4O2/c1-19-5-4-15-11(18)7-17-10-6-8(13)2-3-9(10)16-12(17)14/h2-3,6H,4-5,7H2,1H3,(H2,14,16)(H,15,18). The van der Waals surface area contributed by atoms with Crippen LogP contribution in [0, 0.1) is 5.82 Å². The van der Waals surface area contributed by atoms with Gasteiger partial charge in [0.2, 0.25) is 11.9 Å². The number of nitrogens with one attached hydrogen (secondary N) is 1. The largest absolute Gasteiger partial charge is 0.383 e. The summed E-state index contributed by atoms with van der Waals surface area (Å²) in [4.78, 5) is 15.8. The molecular weight excluding hydrogens is 251 g/mol. The molecule has 0 unspecified atom stereocenters. The van der Waals surface area contributed by atoms with E-state index in [4.69, 9.17) is 10.5 Å². The summed E-state index contributed by atoms with van der Waals surface area (Å²) in [6, 6.07) is 4.14. The summed E-state index contributed by atoms with van der Waals surface area (Å²) in [6.07, 6.45) is 0. The highest BCUT2D eigenvalue weighted by molar-refractivity contribution is 5.82. The monoisotopic (exact) mass is 266 g/mol. The SMILES string of the molecule is COCCNC(=O)Cn1c(N)nc2ccc(F)cc21. The summed E-state index contributed by atoms with van der Waals surface area (Å²) in [5.74, 6) is -0.441. The molecule has 102 valence electrons. The summed E-state index contributed by atoms with van der Waals surface area (Å²) in [7, 11) is 1.55. The van der Waals surface area contributed by atoms with Gasteiger partial charge in [-0.15, -0.1) is 0 Å². The van der Waals surface area contributed by atoms with Crippen molar-refractivity contribution in [2.75, 3.05) is 26.0 Å². The van der Waals surface area contributed by atoms with Crippen LogP contribution in [0.4, 0.5) is 10.3 Å². The first-order valence-electron chi connectivity index (χ1n) is 5.78. The molecule has 0 aliphatic rings. The highest BCUT2D eigenvalue weighted by Gasteiger charge is 2.12. The Bertz CT molecular complexity index is 597. The first kappa shape index (κ1) is 13.3. The zero-order valence-electron chi connectivity index (χ0n) is 10.5. The van der Waals surface area contributed by atoms with Crippen molar-refractivity contribution in [2.24, 2.45) is 0 Å². The Kier molecular flexibility index (Phi) is 3.96. The van der Waals surface area contributed by atoms with E-state index < -0.39 is 5.82 Å². The first-order valence-corrected chi connectivity index (χ1v) is 5.78. The van der Waals surface area contributed by atoms with Crippen LogP contribution < -0.4 is 11.1 Å². The zero-order valence-corrected chi connectivity index (χ0v) is 10.5. The molecular formula is C12H15FN4O2. The Morgan fingerprint density at radius 3 is 3.11 bits per heavy atom. The van der Waals surface area contributed by atoms with E-state index in [1.54, 1.807) is 7.11 Å². The van der Waals surface area contributed by atoms with Crippen LogP contribution in [0.5, 0.6) is 0 Å². The Labute approximate surface area is 109 Å². The van der Waals surface area contributed by atoms with E-state index in [1.165, 1.54) is 22.8 Å². The topological polar surface area (TPSA) is 82.2 Å². The first-order chi connectivity index (χ1) is 9.11. The number of aromatic nitrogens is 2. The Hall–Kier alpha value is -2.15. The lowest BCUT2D eigenvalue weighted by atomic mass is 10.3. The average Bonchev–Trinajstić information content (AvgIpc) is 2.66. The van der Waals surface area contributed by atoms with Crippen LogP contribution in [0.1, 0.15) is 0 Å². The number of ether oxygens (including phenoxy) is 1. The summed E-state index contributed by atoms with van der Waals surface area (Å²) in [5.41, 5.74) is 6.79. The van der Waals surface area contributed by atoms with E-state index in [1.807, 2.05) is 0 Å². The molecule has 2 rings (SSSR count). The number of benzene rings is 1. The number of rotatable bonds is 5. The van der Waals surface area contributed by atoms with E-state index in [-0.39, 0.29) is 18.4 Å². The van der Waals surface area contributed by atoms with Crippen LogP contribution in [0.15, 0.2) is 18.2 Å². The maximum atomic E-state index is 13.2. The predicted molar refractivity (Wildman–Crippen MR) is 69.0 cm³/mol. The minimum atomic E-state index is -0.395. The third kappa shape index (κ3) is 3.00. The quantitative estimate of drug-likeness (QED) is 0.773. The molecule has 0 atom stereocenters. The summed E-state index contributed by atoms with van der Waals surface area (Å²) >= 11 is 0. The number of nitrogen functional groups attached to an aromatic ring is 1. The molecule has 0 aliphatic heterocycles. The second kappa shape index (κ2) is 5.66. The number of hydrogen-bond acceptors (Lipinski definition) is 4. The van der Waals surface area contributed by atoms with Gasteiger partial charge in [0.05, 0.1) is 17.6 Å². The fourth-order valence-corrected chi connectivity index (χ4v) is 1.77. The number of imidazole rings is 1. The predicted octanol–water partition coefficient (Wildman–Crippen LogP) is 0.520. The second-order valence-corrected chi connectivity index (χ2v) is 4.03. The van der Waals surface area contributed by atoms with Crippen LogP contribution in [-0.2, 0) is 16.1 Å². The molecule has 7 heteroatoms. The Morgan fingerprint density at radius 2 is 2.37 bits per heavy atom. The number of anilines is 1. The molecule has 2 aromatic rings. The molecule has 0 saturated heterocycles. The minimum Gasteiger partial charge on any atom is -0.383 e. The number of methoxy groups -OCH3 is 1. The van der Waals surface area contributed by atoms with Crippen molar-refractivity contribution >= 4 is 22.9 Å². The summed E-state index contributed by atoms with van der Waals surface area (Å²) in [5, 5.41) is 2.67. The van der Waals surface area contributed by atoms with Gasteiger partial charge < -0.3 is 20.4 Å². The smallest absolute Gasteiger partial charge is 0.240 e. The number of carbonyl (C=O) groups excluding carboxylic acids is 1. The molecule has 6 nitrogen and oxygen atoms in total. The van der Waals surface area contributed by atoms with Gasteiger partial charge in [0.25, 0.3) is 0 Å². The molecule has 1 heterocycles. The number of fused-ring (bicyclic) bond motifs is 1. The van der Waals surface area contributed by atoms with Gasteiger partial charge in [0.1, 0.15) is 12.4 Å². The number of nitrogens with two attached hydrogens (primary N) is 1. The van der Waals surface area contributed by atoms with Crippen LogP contribution in [0.25, 0.3) is 11.0 Å². The Balaban J connectivity index is 2.17. The molecule has 0 spiro atoms. The van der Waals surface area contributed by atoms with Crippen molar-refractivity contribution in [3.63, 3.8) is 0 Å². The third-order valence-corrected chi connectivity index (χ3v) is 2.67. The van der Waals surface area contributed by atoms with Gasteiger partial charge in [-0.05, 0) is 18.2 Å². The van der Waals surface area contributed by atoms with Crippen molar-refractivity contribution in [1.29, 1.82) is 0 Å². The van der Waals surface area contributed by atoms with E-state index >= 15 is 0 Å². The molecule has 1 amide bonds. The lowest BCUT2D eigenvalue weighted by molar-refractivity contribution is -0.121. The van der Waals surface area contributed by atoms with Gasteiger partial charge in [-0.1, -0.05) is 0 Å². The molecule has 0 saturated carbocycles. The molecule has 0 bridgehead atoms. The number of nitrogens with zero attached hydrogens (tertiary/aromatic N) is 2. The lowest BCUT2D eigenvalue weighted by Crippen LogP contribution is -2.30. The molecule has 19 heavy (non-hydrogen) atoms. The number of amides is 1. The van der Waals surface area contributed by atoms with Crippen molar-refractivity contribution in [3.05, 3.63) is 24.0 Å². The van der Waals surface area contributed by atoms with Crippen molar-refractivity contribution in [3.8, 4) is 0 Å². The minimum absolute atomic E-state index is 0.00446. The van der Waals surface area contributed by atoms with E-state index in [2.05, 4.69) is 10.3 Å². The Morgan fingerprint density at radius 1 is 1.58 bits per heavy atom. The lowest BCUT2D eigenvalue weighted by Gasteiger charge is -2.07. The van der Waals surface area contributed by atoms with E-state index in [0.717, 1.165) is 0 Å². The normalized spacial score (nSPS) is 10.8. The van der Waals surface area contributed by atoms with E-state index in [0.29, 0.717) is 24.2 Å². The molecule has 1 aromatic heterocycles. The van der Waals surface area contributed by atoms with Crippen LogP contribution in [-0.4, -0.2) is 35.7 Å². The second-order valence-electron chi connectivity index (χ2n) is 4.03. The fourth-order valence-electron chi connectivity index (χ4n) is 1.77. The van der Waals surface area contributed by atoms with Gasteiger partial charge in [0.15, 0.2) is 0 Å². The summed E-state index contributed by atoms with van der Waals surface area (Å²) in [6.45, 7) is 0.840. The maximum absolute atomic E-state index is 13.2. The molecule has 1 aromatic carbocycles. The molecule has 0 fully saturated rings. The molecule has 3 N–H and O–H groups in total. The van der Waals surface area contributed by atoms with Gasteiger partial charge in [-0.2, -0.15) is 0 Å². The number of hydrogen-bond donors (Lipinski definition) is 2. The van der Waals surface area contributed by atoms with Crippen LogP contribution in [0.2, 0.25) is 0 Å². The summed E-state index contributed by atoms with van der Waals surface area (Å²) < 4.78 is 19.5. The highest BCUT2D eigenvalue weighted by Crippen LogP contribution is 2.18. The zero-order chi connectivity index (χ0) is 13.8. The van der Waals surface area contributed by atoms with Crippen LogP contribution in [0.3, 0.4) is 0 Å². The van der Waals surface area contributed by atoms with Gasteiger partial charge >= 0.3 is 0 Å². The van der Waals surface area contributed by atoms with Crippen molar-refractivity contribution in [2.45, 2.75) is 6.54 Å². The van der Waals surface area contributed by atoms with Gasteiger partial charge in [-0.25, -0.2) is 9.37 Å². The maximum Gasteiger partial charge on any atom is 0.240 e. The van der Waals surface area contributed by atoms with E-state index in [9.17, 15) is 9.18 Å². The molecule has 0 radical (unpaired) electrons. The van der Waals surface area contributed by atoms with Gasteiger partial charge in [0, 0.05) is 13.7 Å². The number of carbonyl (C=O) groups is 1. The third-order valence-electron chi connectivity index (χ3n) is 2.67. The van der Waals surface area contributed by atoms with Crippen molar-refractivity contribution < 1.29 is 13.9 Å². The van der Waals surface area contributed by atoms with Crippen LogP contribution >= 0.6 is 0 Å². The average molecular weight is 266 g/mol. The van der Waals surface area contributed by atoms with Gasteiger partial charge in [-0.3, -0.25) is 4.79 Å². The highest BCUT2D eigenvalue weighted by atomic mass is 19.1. The fraction of sp³-hybridized carbons (Fsp3) is 0.333. The number of halogens is 1.